The topological polar surface area (TPSA) is 52.4 Å². The first kappa shape index (κ1) is 15.5. The number of para-hydroxylation sites is 1. The van der Waals surface area contributed by atoms with Crippen molar-refractivity contribution in [2.75, 3.05) is 0 Å². The Labute approximate surface area is 140 Å². The number of rotatable bonds is 4. The van der Waals surface area contributed by atoms with Crippen molar-refractivity contribution in [3.05, 3.63) is 61.0 Å². The second-order valence-electron chi connectivity index (χ2n) is 3.83. The van der Waals surface area contributed by atoms with Crippen LogP contribution < -0.4 is 4.74 Å². The molecule has 104 valence electrons. The van der Waals surface area contributed by atoms with E-state index in [1.54, 1.807) is 18.2 Å². The van der Waals surface area contributed by atoms with Gasteiger partial charge in [-0.15, -0.1) is 0 Å². The SMILES string of the molecule is O=[N+]([O-])c1cccc(Br)c1Oc1ccc(Br)cc1CBr. The number of alkyl halides is 1. The summed E-state index contributed by atoms with van der Waals surface area (Å²) in [6.07, 6.45) is 0. The Balaban J connectivity index is 2.47. The number of nitrogens with zero attached hydrogens (tertiary/aromatic N) is 1. The quantitative estimate of drug-likeness (QED) is 0.325. The highest BCUT2D eigenvalue weighted by molar-refractivity contribution is 9.11. The molecule has 0 fully saturated rings. The van der Waals surface area contributed by atoms with Crippen LogP contribution in [0.5, 0.6) is 11.5 Å². The summed E-state index contributed by atoms with van der Waals surface area (Å²) < 4.78 is 7.19. The third kappa shape index (κ3) is 3.39. The van der Waals surface area contributed by atoms with Crippen LogP contribution in [0.4, 0.5) is 5.69 Å². The van der Waals surface area contributed by atoms with E-state index >= 15 is 0 Å². The molecule has 0 amide bonds. The molecular weight excluding hydrogens is 458 g/mol. The smallest absolute Gasteiger partial charge is 0.312 e. The third-order valence-electron chi connectivity index (χ3n) is 2.52. The molecule has 2 aromatic carbocycles. The predicted molar refractivity (Wildman–Crippen MR) is 87.6 cm³/mol. The molecule has 2 aromatic rings. The summed E-state index contributed by atoms with van der Waals surface area (Å²) in [5.41, 5.74) is 0.812. The molecule has 2 rings (SSSR count). The minimum atomic E-state index is -0.466. The monoisotopic (exact) mass is 463 g/mol. The summed E-state index contributed by atoms with van der Waals surface area (Å²) in [6, 6.07) is 10.2. The van der Waals surface area contributed by atoms with E-state index in [1.165, 1.54) is 6.07 Å². The molecule has 0 N–H and O–H groups in total. The van der Waals surface area contributed by atoms with Gasteiger partial charge in [-0.1, -0.05) is 37.9 Å². The van der Waals surface area contributed by atoms with Gasteiger partial charge in [0.2, 0.25) is 5.75 Å². The molecule has 0 aliphatic heterocycles. The van der Waals surface area contributed by atoms with Crippen LogP contribution in [0.15, 0.2) is 45.3 Å². The molecule has 0 radical (unpaired) electrons. The average Bonchev–Trinajstić information content (AvgIpc) is 2.42. The number of hydrogen-bond acceptors (Lipinski definition) is 3. The maximum atomic E-state index is 11.1. The molecule has 0 aliphatic carbocycles. The zero-order chi connectivity index (χ0) is 14.7. The maximum Gasteiger partial charge on any atom is 0.312 e. The molecular formula is C13H8Br3NO3. The minimum Gasteiger partial charge on any atom is -0.449 e. The first-order valence-electron chi connectivity index (χ1n) is 5.48. The summed E-state index contributed by atoms with van der Waals surface area (Å²) in [5, 5.41) is 11.6. The average molecular weight is 466 g/mol. The van der Waals surface area contributed by atoms with Gasteiger partial charge in [-0.05, 0) is 40.2 Å². The summed E-state index contributed by atoms with van der Waals surface area (Å²) >= 11 is 10.0. The van der Waals surface area contributed by atoms with Crippen molar-refractivity contribution in [3.63, 3.8) is 0 Å². The third-order valence-corrected chi connectivity index (χ3v) is 4.24. The summed E-state index contributed by atoms with van der Waals surface area (Å²) in [6.45, 7) is 0. The molecule has 0 aliphatic rings. The first-order chi connectivity index (χ1) is 9.52. The lowest BCUT2D eigenvalue weighted by atomic mass is 10.2. The summed E-state index contributed by atoms with van der Waals surface area (Å²) in [5.74, 6) is 0.766. The Morgan fingerprint density at radius 1 is 1.20 bits per heavy atom. The van der Waals surface area contributed by atoms with E-state index in [4.69, 9.17) is 4.74 Å². The molecule has 0 saturated heterocycles. The van der Waals surface area contributed by atoms with Crippen LogP contribution in [-0.2, 0) is 5.33 Å². The van der Waals surface area contributed by atoms with Gasteiger partial charge in [-0.3, -0.25) is 10.1 Å². The molecule has 0 spiro atoms. The zero-order valence-electron chi connectivity index (χ0n) is 9.98. The normalized spacial score (nSPS) is 10.3. The highest BCUT2D eigenvalue weighted by Crippen LogP contribution is 2.39. The lowest BCUT2D eigenvalue weighted by Gasteiger charge is -2.11. The fraction of sp³-hybridized carbons (Fsp3) is 0.0769. The van der Waals surface area contributed by atoms with Crippen molar-refractivity contribution in [1.29, 1.82) is 0 Å². The number of benzene rings is 2. The Hall–Kier alpha value is -0.920. The second-order valence-corrected chi connectivity index (χ2v) is 6.16. The lowest BCUT2D eigenvalue weighted by molar-refractivity contribution is -0.385. The number of nitro benzene ring substituents is 1. The highest BCUT2D eigenvalue weighted by Gasteiger charge is 2.19. The van der Waals surface area contributed by atoms with Gasteiger partial charge < -0.3 is 4.74 Å². The van der Waals surface area contributed by atoms with Gasteiger partial charge in [-0.25, -0.2) is 0 Å². The minimum absolute atomic E-state index is 0.0807. The van der Waals surface area contributed by atoms with E-state index < -0.39 is 4.92 Å². The zero-order valence-corrected chi connectivity index (χ0v) is 14.7. The van der Waals surface area contributed by atoms with Crippen LogP contribution in [0.25, 0.3) is 0 Å². The second kappa shape index (κ2) is 6.69. The van der Waals surface area contributed by atoms with Gasteiger partial charge in [-0.2, -0.15) is 0 Å². The van der Waals surface area contributed by atoms with Crippen molar-refractivity contribution < 1.29 is 9.66 Å². The molecule has 0 aromatic heterocycles. The maximum absolute atomic E-state index is 11.1. The number of hydrogen-bond donors (Lipinski definition) is 0. The van der Waals surface area contributed by atoms with E-state index in [2.05, 4.69) is 47.8 Å². The van der Waals surface area contributed by atoms with Crippen LogP contribution in [0.3, 0.4) is 0 Å². The summed E-state index contributed by atoms with van der Waals surface area (Å²) in [4.78, 5) is 10.6. The van der Waals surface area contributed by atoms with E-state index in [0.717, 1.165) is 10.0 Å². The van der Waals surface area contributed by atoms with Gasteiger partial charge >= 0.3 is 5.69 Å². The fourth-order valence-electron chi connectivity index (χ4n) is 1.60. The van der Waals surface area contributed by atoms with Gasteiger partial charge in [0, 0.05) is 21.4 Å². The van der Waals surface area contributed by atoms with Crippen LogP contribution in [0.2, 0.25) is 0 Å². The number of halogens is 3. The van der Waals surface area contributed by atoms with E-state index in [9.17, 15) is 10.1 Å². The van der Waals surface area contributed by atoms with Crippen molar-refractivity contribution in [2.24, 2.45) is 0 Å². The van der Waals surface area contributed by atoms with E-state index in [1.807, 2.05) is 12.1 Å². The van der Waals surface area contributed by atoms with Gasteiger partial charge in [0.25, 0.3) is 0 Å². The van der Waals surface area contributed by atoms with Gasteiger partial charge in [0.15, 0.2) is 0 Å². The van der Waals surface area contributed by atoms with Gasteiger partial charge in [0.1, 0.15) is 5.75 Å². The van der Waals surface area contributed by atoms with E-state index in [-0.39, 0.29) is 11.4 Å². The highest BCUT2D eigenvalue weighted by atomic mass is 79.9. The van der Waals surface area contributed by atoms with Gasteiger partial charge in [0.05, 0.1) is 9.40 Å². The standard InChI is InChI=1S/C13H8Br3NO3/c14-7-8-6-9(15)4-5-12(8)20-13-10(16)2-1-3-11(13)17(18)19/h1-6H,7H2. The molecule has 0 atom stereocenters. The van der Waals surface area contributed by atoms with Crippen LogP contribution in [-0.4, -0.2) is 4.92 Å². The molecule has 20 heavy (non-hydrogen) atoms. The Morgan fingerprint density at radius 2 is 1.95 bits per heavy atom. The van der Waals surface area contributed by atoms with Crippen molar-refractivity contribution in [1.82, 2.24) is 0 Å². The largest absolute Gasteiger partial charge is 0.449 e. The molecule has 0 unspecified atom stereocenters. The molecule has 4 nitrogen and oxygen atoms in total. The number of ether oxygens (including phenoxy) is 1. The van der Waals surface area contributed by atoms with Crippen LogP contribution >= 0.6 is 47.8 Å². The Kier molecular flexibility index (Phi) is 5.17. The molecule has 0 saturated carbocycles. The van der Waals surface area contributed by atoms with Crippen molar-refractivity contribution in [2.45, 2.75) is 5.33 Å². The van der Waals surface area contributed by atoms with Crippen LogP contribution in [0.1, 0.15) is 5.56 Å². The Bertz CT molecular complexity index is 661. The predicted octanol–water partition coefficient (Wildman–Crippen LogP) is 5.81. The fourth-order valence-corrected chi connectivity index (χ4v) is 2.89. The Morgan fingerprint density at radius 3 is 2.60 bits per heavy atom. The lowest BCUT2D eigenvalue weighted by Crippen LogP contribution is -1.96. The van der Waals surface area contributed by atoms with E-state index in [0.29, 0.717) is 15.6 Å². The molecule has 0 heterocycles. The molecule has 7 heteroatoms. The number of nitro groups is 1. The summed E-state index contributed by atoms with van der Waals surface area (Å²) in [7, 11) is 0. The van der Waals surface area contributed by atoms with Crippen molar-refractivity contribution in [3.8, 4) is 11.5 Å². The first-order valence-corrected chi connectivity index (χ1v) is 8.19. The van der Waals surface area contributed by atoms with Crippen LogP contribution in [0, 0.1) is 10.1 Å². The van der Waals surface area contributed by atoms with Crippen molar-refractivity contribution >= 4 is 53.5 Å². The molecule has 0 bridgehead atoms.